The molecule has 0 saturated carbocycles. The van der Waals surface area contributed by atoms with Gasteiger partial charge in [-0.05, 0) is 67.3 Å². The minimum atomic E-state index is -0.190. The van der Waals surface area contributed by atoms with Crippen molar-refractivity contribution in [2.45, 2.75) is 20.5 Å². The molecule has 0 bridgehead atoms. The van der Waals surface area contributed by atoms with Gasteiger partial charge in [0.25, 0.3) is 5.91 Å². The number of carbonyl (C=O) groups is 1. The molecule has 0 fully saturated rings. The SMILES string of the molecule is Cc1cc(C)c2cc(NC(=O)c3cccc(OCc4cncc5ccccc45)c3)ccc2n1. The van der Waals surface area contributed by atoms with E-state index in [0.29, 0.717) is 17.9 Å². The van der Waals surface area contributed by atoms with Gasteiger partial charge in [-0.2, -0.15) is 0 Å². The smallest absolute Gasteiger partial charge is 0.255 e. The number of carbonyl (C=O) groups excluding carboxylic acids is 1. The lowest BCUT2D eigenvalue weighted by atomic mass is 10.1. The maximum absolute atomic E-state index is 12.9. The lowest BCUT2D eigenvalue weighted by Crippen LogP contribution is -2.12. The van der Waals surface area contributed by atoms with Gasteiger partial charge in [0.1, 0.15) is 12.4 Å². The number of nitrogens with zero attached hydrogens (tertiary/aromatic N) is 2. The van der Waals surface area contributed by atoms with E-state index in [4.69, 9.17) is 4.74 Å². The van der Waals surface area contributed by atoms with Crippen molar-refractivity contribution in [2.75, 3.05) is 5.32 Å². The summed E-state index contributed by atoms with van der Waals surface area (Å²) in [6, 6.07) is 23.1. The first-order valence-corrected chi connectivity index (χ1v) is 10.8. The van der Waals surface area contributed by atoms with Crippen molar-refractivity contribution < 1.29 is 9.53 Å². The number of fused-ring (bicyclic) bond motifs is 2. The molecular formula is C28H23N3O2. The van der Waals surface area contributed by atoms with Crippen LogP contribution in [-0.2, 0) is 6.61 Å². The number of ether oxygens (including phenoxy) is 1. The Morgan fingerprint density at radius 2 is 1.79 bits per heavy atom. The van der Waals surface area contributed by atoms with Gasteiger partial charge in [-0.15, -0.1) is 0 Å². The number of hydrogen-bond acceptors (Lipinski definition) is 4. The van der Waals surface area contributed by atoms with Crippen LogP contribution in [0.2, 0.25) is 0 Å². The lowest BCUT2D eigenvalue weighted by Gasteiger charge is -2.11. The minimum absolute atomic E-state index is 0.190. The molecule has 3 aromatic carbocycles. The van der Waals surface area contributed by atoms with Crippen LogP contribution >= 0.6 is 0 Å². The first-order chi connectivity index (χ1) is 16.1. The highest BCUT2D eigenvalue weighted by molar-refractivity contribution is 6.05. The summed E-state index contributed by atoms with van der Waals surface area (Å²) in [5, 5.41) is 6.19. The Kier molecular flexibility index (Phi) is 5.45. The maximum atomic E-state index is 12.9. The minimum Gasteiger partial charge on any atom is -0.489 e. The zero-order chi connectivity index (χ0) is 22.8. The molecule has 2 aromatic heterocycles. The molecule has 0 spiro atoms. The van der Waals surface area contributed by atoms with E-state index in [9.17, 15) is 4.79 Å². The molecule has 5 rings (SSSR count). The Labute approximate surface area is 192 Å². The number of aromatic nitrogens is 2. The Balaban J connectivity index is 1.32. The average Bonchev–Trinajstić information content (AvgIpc) is 2.83. The Bertz CT molecular complexity index is 1490. The van der Waals surface area contributed by atoms with Gasteiger partial charge in [-0.3, -0.25) is 14.8 Å². The van der Waals surface area contributed by atoms with E-state index in [2.05, 4.69) is 28.3 Å². The Morgan fingerprint density at radius 1 is 0.909 bits per heavy atom. The van der Waals surface area contributed by atoms with Crippen LogP contribution in [0.4, 0.5) is 5.69 Å². The maximum Gasteiger partial charge on any atom is 0.255 e. The number of hydrogen-bond donors (Lipinski definition) is 1. The normalized spacial score (nSPS) is 11.0. The number of amides is 1. The van der Waals surface area contributed by atoms with E-state index in [1.807, 2.05) is 73.9 Å². The number of benzene rings is 3. The predicted octanol–water partition coefficient (Wildman–Crippen LogP) is 6.23. The third-order valence-electron chi connectivity index (χ3n) is 5.64. The Hall–Kier alpha value is -4.25. The highest BCUT2D eigenvalue weighted by atomic mass is 16.5. The zero-order valence-corrected chi connectivity index (χ0v) is 18.5. The van der Waals surface area contributed by atoms with Crippen molar-refractivity contribution in [3.8, 4) is 5.75 Å². The fourth-order valence-electron chi connectivity index (χ4n) is 4.03. The molecule has 2 heterocycles. The number of pyridine rings is 2. The quantitative estimate of drug-likeness (QED) is 0.357. The first-order valence-electron chi connectivity index (χ1n) is 10.8. The van der Waals surface area contributed by atoms with Crippen LogP contribution in [0.15, 0.2) is 85.2 Å². The van der Waals surface area contributed by atoms with E-state index in [0.717, 1.165) is 44.2 Å². The summed E-state index contributed by atoms with van der Waals surface area (Å²) in [6.07, 6.45) is 3.66. The van der Waals surface area contributed by atoms with E-state index in [1.54, 1.807) is 12.1 Å². The Morgan fingerprint density at radius 3 is 2.70 bits per heavy atom. The lowest BCUT2D eigenvalue weighted by molar-refractivity contribution is 0.102. The van der Waals surface area contributed by atoms with Crippen LogP contribution in [0.25, 0.3) is 21.7 Å². The number of rotatable bonds is 5. The molecule has 0 saturated heterocycles. The summed E-state index contributed by atoms with van der Waals surface area (Å²) >= 11 is 0. The van der Waals surface area contributed by atoms with Gasteiger partial charge in [-0.1, -0.05) is 30.3 Å². The molecule has 1 amide bonds. The van der Waals surface area contributed by atoms with Crippen LogP contribution in [-0.4, -0.2) is 15.9 Å². The topological polar surface area (TPSA) is 64.1 Å². The van der Waals surface area contributed by atoms with E-state index in [-0.39, 0.29) is 5.91 Å². The molecule has 1 N–H and O–H groups in total. The van der Waals surface area contributed by atoms with Crippen molar-refractivity contribution in [3.05, 3.63) is 108 Å². The molecule has 0 radical (unpaired) electrons. The van der Waals surface area contributed by atoms with Gasteiger partial charge in [0, 0.05) is 45.7 Å². The van der Waals surface area contributed by atoms with Gasteiger partial charge < -0.3 is 10.1 Å². The largest absolute Gasteiger partial charge is 0.489 e. The van der Waals surface area contributed by atoms with Crippen molar-refractivity contribution in [2.24, 2.45) is 0 Å². The fraction of sp³-hybridized carbons (Fsp3) is 0.107. The molecule has 0 atom stereocenters. The van der Waals surface area contributed by atoms with Crippen LogP contribution in [0.5, 0.6) is 5.75 Å². The average molecular weight is 434 g/mol. The highest BCUT2D eigenvalue weighted by Gasteiger charge is 2.10. The van der Waals surface area contributed by atoms with Crippen LogP contribution in [0.3, 0.4) is 0 Å². The van der Waals surface area contributed by atoms with E-state index in [1.165, 1.54) is 0 Å². The van der Waals surface area contributed by atoms with Crippen molar-refractivity contribution in [3.63, 3.8) is 0 Å². The molecule has 5 nitrogen and oxygen atoms in total. The molecule has 162 valence electrons. The highest BCUT2D eigenvalue weighted by Crippen LogP contribution is 2.24. The number of aryl methyl sites for hydroxylation is 2. The monoisotopic (exact) mass is 433 g/mol. The summed E-state index contributed by atoms with van der Waals surface area (Å²) in [6.45, 7) is 4.40. The first kappa shape index (κ1) is 20.6. The third-order valence-corrected chi connectivity index (χ3v) is 5.64. The van der Waals surface area contributed by atoms with Crippen molar-refractivity contribution in [1.29, 1.82) is 0 Å². The summed E-state index contributed by atoms with van der Waals surface area (Å²) in [4.78, 5) is 21.8. The molecule has 0 aliphatic heterocycles. The van der Waals surface area contributed by atoms with E-state index < -0.39 is 0 Å². The summed E-state index contributed by atoms with van der Waals surface area (Å²) in [5.41, 5.74) is 5.29. The van der Waals surface area contributed by atoms with Gasteiger partial charge in [-0.25, -0.2) is 0 Å². The molecular weight excluding hydrogens is 410 g/mol. The van der Waals surface area contributed by atoms with Gasteiger partial charge >= 0.3 is 0 Å². The van der Waals surface area contributed by atoms with Crippen molar-refractivity contribution >= 4 is 33.3 Å². The summed E-state index contributed by atoms with van der Waals surface area (Å²) in [7, 11) is 0. The van der Waals surface area contributed by atoms with Gasteiger partial charge in [0.15, 0.2) is 0 Å². The van der Waals surface area contributed by atoms with Gasteiger partial charge in [0.05, 0.1) is 5.52 Å². The number of nitrogens with one attached hydrogen (secondary N) is 1. The van der Waals surface area contributed by atoms with E-state index >= 15 is 0 Å². The molecule has 0 unspecified atom stereocenters. The predicted molar refractivity (Wildman–Crippen MR) is 132 cm³/mol. The zero-order valence-electron chi connectivity index (χ0n) is 18.5. The molecule has 33 heavy (non-hydrogen) atoms. The third kappa shape index (κ3) is 4.39. The number of anilines is 1. The summed E-state index contributed by atoms with van der Waals surface area (Å²) < 4.78 is 6.00. The van der Waals surface area contributed by atoms with Crippen LogP contribution in [0.1, 0.15) is 27.2 Å². The van der Waals surface area contributed by atoms with Crippen LogP contribution < -0.4 is 10.1 Å². The second kappa shape index (κ2) is 8.71. The second-order valence-electron chi connectivity index (χ2n) is 8.10. The second-order valence-corrected chi connectivity index (χ2v) is 8.10. The fourth-order valence-corrected chi connectivity index (χ4v) is 4.03. The molecule has 5 heteroatoms. The van der Waals surface area contributed by atoms with Gasteiger partial charge in [0.2, 0.25) is 0 Å². The summed E-state index contributed by atoms with van der Waals surface area (Å²) in [5.74, 6) is 0.439. The van der Waals surface area contributed by atoms with Crippen molar-refractivity contribution in [1.82, 2.24) is 9.97 Å². The van der Waals surface area contributed by atoms with Crippen LogP contribution in [0, 0.1) is 13.8 Å². The standard InChI is InChI=1S/C28H23N3O2/c1-18-12-19(2)30-27-11-10-23(14-26(18)27)31-28(32)20-7-5-8-24(13-20)33-17-22-16-29-15-21-6-3-4-9-25(21)22/h3-16H,17H2,1-2H3,(H,31,32). The molecule has 5 aromatic rings. The molecule has 0 aliphatic carbocycles. The molecule has 0 aliphatic rings.